The van der Waals surface area contributed by atoms with Crippen LogP contribution in [0.4, 0.5) is 23.1 Å². The molecule has 1 N–H and O–H groups in total. The molecule has 2 aliphatic heterocycles. The van der Waals surface area contributed by atoms with Crippen molar-refractivity contribution in [2.75, 3.05) is 68.5 Å². The summed E-state index contributed by atoms with van der Waals surface area (Å²) in [5, 5.41) is 3.51. The number of hydrogen-bond acceptors (Lipinski definition) is 8. The van der Waals surface area contributed by atoms with Gasteiger partial charge in [-0.05, 0) is 51.6 Å². The van der Waals surface area contributed by atoms with Crippen LogP contribution in [0.15, 0.2) is 30.6 Å². The standard InChI is InChI=1S/C24H34N8O/c1-17(2)32-16-25-21-22(27-24(28-23(21)32)31-10-9-20(15-31)33-4)26-18-5-7-19(8-6-18)30-13-11-29(3)12-14-30/h5-8,16-17,20H,9-15H2,1-4H3,(H,26,27,28). The minimum atomic E-state index is 0.220. The van der Waals surface area contributed by atoms with Crippen LogP contribution in [-0.2, 0) is 4.74 Å². The summed E-state index contributed by atoms with van der Waals surface area (Å²) in [6.07, 6.45) is 3.06. The van der Waals surface area contributed by atoms with Crippen LogP contribution in [0, 0.1) is 0 Å². The number of aromatic nitrogens is 4. The maximum atomic E-state index is 5.55. The SMILES string of the molecule is COC1CCN(c2nc(Nc3ccc(N4CCN(C)CC4)cc3)c3ncn(C(C)C)c3n2)C1. The van der Waals surface area contributed by atoms with Crippen LogP contribution in [0.25, 0.3) is 11.2 Å². The minimum absolute atomic E-state index is 0.220. The molecule has 5 rings (SSSR count). The van der Waals surface area contributed by atoms with E-state index in [1.54, 1.807) is 7.11 Å². The number of methoxy groups -OCH3 is 1. The number of piperazine rings is 1. The smallest absolute Gasteiger partial charge is 0.229 e. The Morgan fingerprint density at radius 1 is 1.00 bits per heavy atom. The molecule has 0 aliphatic carbocycles. The number of nitrogens with zero attached hydrogens (tertiary/aromatic N) is 7. The van der Waals surface area contributed by atoms with Crippen LogP contribution in [0.1, 0.15) is 26.3 Å². The molecule has 0 bridgehead atoms. The number of hydrogen-bond donors (Lipinski definition) is 1. The molecule has 0 radical (unpaired) electrons. The van der Waals surface area contributed by atoms with Crippen molar-refractivity contribution in [3.63, 3.8) is 0 Å². The Morgan fingerprint density at radius 3 is 2.42 bits per heavy atom. The topological polar surface area (TPSA) is 74.6 Å². The van der Waals surface area contributed by atoms with Crippen LogP contribution in [-0.4, -0.2) is 83.9 Å². The predicted molar refractivity (Wildman–Crippen MR) is 133 cm³/mol. The molecule has 4 heterocycles. The van der Waals surface area contributed by atoms with Crippen molar-refractivity contribution in [2.45, 2.75) is 32.4 Å². The van der Waals surface area contributed by atoms with Crippen LogP contribution in [0.5, 0.6) is 0 Å². The Morgan fingerprint density at radius 2 is 1.76 bits per heavy atom. The van der Waals surface area contributed by atoms with Crippen molar-refractivity contribution < 1.29 is 4.74 Å². The van der Waals surface area contributed by atoms with Crippen LogP contribution in [0.3, 0.4) is 0 Å². The number of imidazole rings is 1. The van der Waals surface area contributed by atoms with Gasteiger partial charge >= 0.3 is 0 Å². The number of anilines is 4. The van der Waals surface area contributed by atoms with Gasteiger partial charge in [0.15, 0.2) is 17.0 Å². The summed E-state index contributed by atoms with van der Waals surface area (Å²) in [6.45, 7) is 10.3. The van der Waals surface area contributed by atoms with Gasteiger partial charge in [0.2, 0.25) is 5.95 Å². The maximum Gasteiger partial charge on any atom is 0.229 e. The van der Waals surface area contributed by atoms with Crippen LogP contribution in [0.2, 0.25) is 0 Å². The summed E-state index contributed by atoms with van der Waals surface area (Å²) in [7, 11) is 3.95. The van der Waals surface area contributed by atoms with E-state index >= 15 is 0 Å². The molecule has 1 unspecified atom stereocenters. The number of benzene rings is 1. The average molecular weight is 451 g/mol. The molecule has 2 fully saturated rings. The molecular formula is C24H34N8O. The third-order valence-corrected chi connectivity index (χ3v) is 6.73. The van der Waals surface area contributed by atoms with Gasteiger partial charge in [0.25, 0.3) is 0 Å². The van der Waals surface area contributed by atoms with Gasteiger partial charge in [-0.15, -0.1) is 0 Å². The van der Waals surface area contributed by atoms with E-state index in [0.29, 0.717) is 0 Å². The number of nitrogens with one attached hydrogen (secondary N) is 1. The maximum absolute atomic E-state index is 5.55. The van der Waals surface area contributed by atoms with Gasteiger partial charge < -0.3 is 29.3 Å². The van der Waals surface area contributed by atoms with Crippen LogP contribution >= 0.6 is 0 Å². The summed E-state index contributed by atoms with van der Waals surface area (Å²) < 4.78 is 7.66. The summed E-state index contributed by atoms with van der Waals surface area (Å²) in [6, 6.07) is 8.88. The van der Waals surface area contributed by atoms with Gasteiger partial charge in [-0.1, -0.05) is 0 Å². The molecule has 0 saturated carbocycles. The van der Waals surface area contributed by atoms with Crippen LogP contribution < -0.4 is 15.1 Å². The second-order valence-electron chi connectivity index (χ2n) is 9.34. The van der Waals surface area contributed by atoms with E-state index in [0.717, 1.165) is 74.3 Å². The molecule has 9 heteroatoms. The molecule has 2 saturated heterocycles. The zero-order chi connectivity index (χ0) is 22.9. The third kappa shape index (κ3) is 4.47. The first-order valence-corrected chi connectivity index (χ1v) is 11.8. The van der Waals surface area contributed by atoms with Gasteiger partial charge in [-0.25, -0.2) is 4.98 Å². The van der Waals surface area contributed by atoms with E-state index in [2.05, 4.69) is 74.7 Å². The van der Waals surface area contributed by atoms with E-state index in [9.17, 15) is 0 Å². The van der Waals surface area contributed by atoms with Crippen molar-refractivity contribution in [1.29, 1.82) is 0 Å². The lowest BCUT2D eigenvalue weighted by atomic mass is 10.2. The Hall–Kier alpha value is -2.91. The van der Waals surface area contributed by atoms with Crippen molar-refractivity contribution >= 4 is 34.3 Å². The predicted octanol–water partition coefficient (Wildman–Crippen LogP) is 3.13. The Bertz CT molecular complexity index is 1090. The average Bonchev–Trinajstić information content (AvgIpc) is 3.47. The molecule has 9 nitrogen and oxygen atoms in total. The monoisotopic (exact) mass is 450 g/mol. The van der Waals surface area contributed by atoms with E-state index < -0.39 is 0 Å². The molecule has 3 aromatic rings. The van der Waals surface area contributed by atoms with Gasteiger partial charge in [-0.2, -0.15) is 9.97 Å². The molecule has 0 spiro atoms. The zero-order valence-corrected chi connectivity index (χ0v) is 20.0. The summed E-state index contributed by atoms with van der Waals surface area (Å²) in [4.78, 5) is 21.5. The van der Waals surface area contributed by atoms with E-state index in [1.807, 2.05) is 6.33 Å². The number of ether oxygens (including phenoxy) is 1. The molecule has 1 atom stereocenters. The Kier molecular flexibility index (Phi) is 6.07. The summed E-state index contributed by atoms with van der Waals surface area (Å²) >= 11 is 0. The lowest BCUT2D eigenvalue weighted by Crippen LogP contribution is -2.44. The highest BCUT2D eigenvalue weighted by Gasteiger charge is 2.26. The second-order valence-corrected chi connectivity index (χ2v) is 9.34. The summed E-state index contributed by atoms with van der Waals surface area (Å²) in [5.74, 6) is 1.46. The fourth-order valence-electron chi connectivity index (χ4n) is 4.57. The van der Waals surface area contributed by atoms with Gasteiger partial charge in [0.05, 0.1) is 12.4 Å². The Balaban J connectivity index is 1.43. The molecule has 2 aromatic heterocycles. The highest BCUT2D eigenvalue weighted by Crippen LogP contribution is 2.29. The van der Waals surface area contributed by atoms with Crippen molar-refractivity contribution in [3.8, 4) is 0 Å². The van der Waals surface area contributed by atoms with Crippen molar-refractivity contribution in [3.05, 3.63) is 30.6 Å². The highest BCUT2D eigenvalue weighted by molar-refractivity contribution is 5.87. The fourth-order valence-corrected chi connectivity index (χ4v) is 4.57. The van der Waals surface area contributed by atoms with E-state index in [4.69, 9.17) is 14.7 Å². The van der Waals surface area contributed by atoms with Gasteiger partial charge in [-0.3, -0.25) is 0 Å². The molecule has 2 aliphatic rings. The van der Waals surface area contributed by atoms with E-state index in [-0.39, 0.29) is 12.1 Å². The number of likely N-dealkylation sites (N-methyl/N-ethyl adjacent to an activating group) is 1. The van der Waals surface area contributed by atoms with Gasteiger partial charge in [0.1, 0.15) is 0 Å². The lowest BCUT2D eigenvalue weighted by Gasteiger charge is -2.34. The highest BCUT2D eigenvalue weighted by atomic mass is 16.5. The van der Waals surface area contributed by atoms with Gasteiger partial charge in [0, 0.05) is 63.8 Å². The lowest BCUT2D eigenvalue weighted by molar-refractivity contribution is 0.121. The van der Waals surface area contributed by atoms with Crippen molar-refractivity contribution in [2.24, 2.45) is 0 Å². The largest absolute Gasteiger partial charge is 0.380 e. The first-order chi connectivity index (χ1) is 16.0. The molecule has 0 amide bonds. The Labute approximate surface area is 195 Å². The molecular weight excluding hydrogens is 416 g/mol. The molecule has 176 valence electrons. The molecule has 33 heavy (non-hydrogen) atoms. The third-order valence-electron chi connectivity index (χ3n) is 6.73. The normalized spacial score (nSPS) is 19.7. The fraction of sp³-hybridized carbons (Fsp3) is 0.542. The van der Waals surface area contributed by atoms with Crippen molar-refractivity contribution in [1.82, 2.24) is 24.4 Å². The number of fused-ring (bicyclic) bond motifs is 1. The summed E-state index contributed by atoms with van der Waals surface area (Å²) in [5.41, 5.74) is 3.90. The zero-order valence-electron chi connectivity index (χ0n) is 20.0. The first kappa shape index (κ1) is 21.9. The minimum Gasteiger partial charge on any atom is -0.380 e. The number of rotatable bonds is 6. The quantitative estimate of drug-likeness (QED) is 0.614. The first-order valence-electron chi connectivity index (χ1n) is 11.8. The van der Waals surface area contributed by atoms with E-state index in [1.165, 1.54) is 5.69 Å². The second kappa shape index (κ2) is 9.15. The molecule has 1 aromatic carbocycles.